The van der Waals surface area contributed by atoms with Gasteiger partial charge in [-0.25, -0.2) is 13.8 Å². The van der Waals surface area contributed by atoms with E-state index in [9.17, 15) is 8.78 Å². The lowest BCUT2D eigenvalue weighted by atomic mass is 10.00. The van der Waals surface area contributed by atoms with Gasteiger partial charge in [0, 0.05) is 29.7 Å². The number of unbranched alkanes of at least 4 members (excludes halogenated alkanes) is 1. The summed E-state index contributed by atoms with van der Waals surface area (Å²) in [6.07, 6.45) is 2.04. The first-order valence-electron chi connectivity index (χ1n) is 6.42. The first-order chi connectivity index (χ1) is 10.1. The summed E-state index contributed by atoms with van der Waals surface area (Å²) in [5, 5.41) is 8.71. The lowest BCUT2D eigenvalue weighted by Gasteiger charge is -2.07. The predicted molar refractivity (Wildman–Crippen MR) is 77.2 cm³/mol. The molecule has 21 heavy (non-hydrogen) atoms. The van der Waals surface area contributed by atoms with Crippen LogP contribution in [-0.4, -0.2) is 16.7 Å². The van der Waals surface area contributed by atoms with Crippen LogP contribution in [-0.2, 0) is 0 Å². The van der Waals surface area contributed by atoms with Gasteiger partial charge in [-0.3, -0.25) is 0 Å². The largest absolute Gasteiger partial charge is 0.396 e. The maximum atomic E-state index is 13.9. The maximum absolute atomic E-state index is 13.9. The number of aromatic nitrogens is 1. The highest BCUT2D eigenvalue weighted by atomic mass is 19.1. The molecule has 0 aliphatic carbocycles. The molecule has 0 radical (unpaired) electrons. The van der Waals surface area contributed by atoms with E-state index >= 15 is 0 Å². The lowest BCUT2D eigenvalue weighted by Crippen LogP contribution is -1.95. The number of nitrogens with zero attached hydrogens (tertiary/aromatic N) is 1. The van der Waals surface area contributed by atoms with Crippen LogP contribution >= 0.6 is 0 Å². The predicted octanol–water partition coefficient (Wildman–Crippen LogP) is 2.73. The average Bonchev–Trinajstić information content (AvgIpc) is 2.47. The van der Waals surface area contributed by atoms with Crippen LogP contribution in [0.3, 0.4) is 0 Å². The molecule has 108 valence electrons. The molecule has 0 spiro atoms. The van der Waals surface area contributed by atoms with Gasteiger partial charge in [0.1, 0.15) is 17.5 Å². The Hall–Kier alpha value is -2.45. The molecule has 0 aliphatic rings. The summed E-state index contributed by atoms with van der Waals surface area (Å²) in [6.45, 7) is 0.0419. The summed E-state index contributed by atoms with van der Waals surface area (Å²) in [5.74, 6) is 4.81. The molecule has 0 bridgehead atoms. The Morgan fingerprint density at radius 3 is 2.76 bits per heavy atom. The zero-order valence-corrected chi connectivity index (χ0v) is 11.2. The number of hydrogen-bond acceptors (Lipinski definition) is 3. The van der Waals surface area contributed by atoms with E-state index in [-0.39, 0.29) is 18.0 Å². The topological polar surface area (TPSA) is 59.1 Å². The van der Waals surface area contributed by atoms with Crippen LogP contribution in [0.15, 0.2) is 30.5 Å². The standard InChI is InChI=1S/C16H14F2N2O/c17-12-5-6-13(11(8-12)4-2-1-3-7-21)14-9-16(19)20-10-15(14)18/h5-6,8-10,21H,1,3,7H2,(H2,19,20). The van der Waals surface area contributed by atoms with E-state index in [2.05, 4.69) is 16.8 Å². The van der Waals surface area contributed by atoms with Crippen molar-refractivity contribution in [2.45, 2.75) is 12.8 Å². The zero-order chi connectivity index (χ0) is 15.2. The van der Waals surface area contributed by atoms with E-state index in [0.29, 0.717) is 24.0 Å². The van der Waals surface area contributed by atoms with Crippen molar-refractivity contribution < 1.29 is 13.9 Å². The summed E-state index contributed by atoms with van der Waals surface area (Å²) in [5.41, 5.74) is 6.63. The van der Waals surface area contributed by atoms with Crippen molar-refractivity contribution in [3.05, 3.63) is 47.7 Å². The van der Waals surface area contributed by atoms with Crippen molar-refractivity contribution in [3.8, 4) is 23.0 Å². The Balaban J connectivity index is 2.47. The SMILES string of the molecule is Nc1cc(-c2ccc(F)cc2C#CCCCO)c(F)cn1. The number of aliphatic hydroxyl groups excluding tert-OH is 1. The van der Waals surface area contributed by atoms with Crippen molar-refractivity contribution >= 4 is 5.82 Å². The van der Waals surface area contributed by atoms with Crippen LogP contribution in [0.1, 0.15) is 18.4 Å². The minimum absolute atomic E-state index is 0.0419. The van der Waals surface area contributed by atoms with Crippen LogP contribution in [0.2, 0.25) is 0 Å². The monoisotopic (exact) mass is 288 g/mol. The number of rotatable bonds is 3. The molecule has 1 aromatic carbocycles. The fraction of sp³-hybridized carbons (Fsp3) is 0.188. The number of aliphatic hydroxyl groups is 1. The van der Waals surface area contributed by atoms with E-state index in [1.165, 1.54) is 24.3 Å². The zero-order valence-electron chi connectivity index (χ0n) is 11.2. The summed E-state index contributed by atoms with van der Waals surface area (Å²) < 4.78 is 27.3. The summed E-state index contributed by atoms with van der Waals surface area (Å²) in [6, 6.07) is 5.34. The summed E-state index contributed by atoms with van der Waals surface area (Å²) in [7, 11) is 0. The molecule has 0 fully saturated rings. The van der Waals surface area contributed by atoms with E-state index in [1.54, 1.807) is 0 Å². The molecule has 0 amide bonds. The highest BCUT2D eigenvalue weighted by Gasteiger charge is 2.11. The average molecular weight is 288 g/mol. The molecule has 1 aromatic heterocycles. The van der Waals surface area contributed by atoms with Gasteiger partial charge in [0.2, 0.25) is 0 Å². The Bertz CT molecular complexity index is 705. The van der Waals surface area contributed by atoms with Gasteiger partial charge < -0.3 is 10.8 Å². The van der Waals surface area contributed by atoms with Gasteiger partial charge in [-0.15, -0.1) is 0 Å². The first kappa shape index (κ1) is 14.9. The molecular weight excluding hydrogens is 274 g/mol. The number of benzene rings is 1. The van der Waals surface area contributed by atoms with Crippen LogP contribution in [0.4, 0.5) is 14.6 Å². The molecule has 2 rings (SSSR count). The van der Waals surface area contributed by atoms with Gasteiger partial charge in [-0.1, -0.05) is 17.9 Å². The molecule has 0 saturated carbocycles. The molecule has 0 atom stereocenters. The van der Waals surface area contributed by atoms with Crippen LogP contribution < -0.4 is 5.73 Å². The fourth-order valence-corrected chi connectivity index (χ4v) is 1.84. The fourth-order valence-electron chi connectivity index (χ4n) is 1.84. The second kappa shape index (κ2) is 6.82. The number of nitrogen functional groups attached to an aromatic ring is 1. The van der Waals surface area contributed by atoms with Gasteiger partial charge in [-0.05, 0) is 24.6 Å². The van der Waals surface area contributed by atoms with Crippen molar-refractivity contribution in [2.75, 3.05) is 12.3 Å². The minimum Gasteiger partial charge on any atom is -0.396 e. The van der Waals surface area contributed by atoms with E-state index in [1.807, 2.05) is 0 Å². The van der Waals surface area contributed by atoms with Crippen LogP contribution in [0, 0.1) is 23.5 Å². The third-order valence-corrected chi connectivity index (χ3v) is 2.83. The van der Waals surface area contributed by atoms with E-state index in [4.69, 9.17) is 10.8 Å². The number of hydrogen-bond donors (Lipinski definition) is 2. The quantitative estimate of drug-likeness (QED) is 0.674. The highest BCUT2D eigenvalue weighted by molar-refractivity contribution is 5.73. The number of nitrogens with two attached hydrogens (primary N) is 1. The molecule has 3 nitrogen and oxygen atoms in total. The number of halogens is 2. The number of anilines is 1. The van der Waals surface area contributed by atoms with E-state index in [0.717, 1.165) is 6.20 Å². The van der Waals surface area contributed by atoms with Crippen molar-refractivity contribution in [1.29, 1.82) is 0 Å². The summed E-state index contributed by atoms with van der Waals surface area (Å²) in [4.78, 5) is 3.66. The Morgan fingerprint density at radius 2 is 2.00 bits per heavy atom. The van der Waals surface area contributed by atoms with Crippen molar-refractivity contribution in [1.82, 2.24) is 4.98 Å². The third kappa shape index (κ3) is 3.77. The molecular formula is C16H14F2N2O. The van der Waals surface area contributed by atoms with Crippen LogP contribution in [0.5, 0.6) is 0 Å². The van der Waals surface area contributed by atoms with Crippen molar-refractivity contribution in [2.24, 2.45) is 0 Å². The summed E-state index contributed by atoms with van der Waals surface area (Å²) >= 11 is 0. The molecule has 0 unspecified atom stereocenters. The molecule has 5 heteroatoms. The Kier molecular flexibility index (Phi) is 4.85. The Morgan fingerprint density at radius 1 is 1.19 bits per heavy atom. The van der Waals surface area contributed by atoms with Gasteiger partial charge in [0.15, 0.2) is 0 Å². The molecule has 0 aliphatic heterocycles. The number of pyridine rings is 1. The van der Waals surface area contributed by atoms with Gasteiger partial charge in [0.05, 0.1) is 6.20 Å². The first-order valence-corrected chi connectivity index (χ1v) is 6.42. The van der Waals surface area contributed by atoms with Crippen LogP contribution in [0.25, 0.3) is 11.1 Å². The molecule has 3 N–H and O–H groups in total. The van der Waals surface area contributed by atoms with Gasteiger partial charge in [0.25, 0.3) is 0 Å². The van der Waals surface area contributed by atoms with Gasteiger partial charge in [-0.2, -0.15) is 0 Å². The minimum atomic E-state index is -0.547. The lowest BCUT2D eigenvalue weighted by molar-refractivity contribution is 0.290. The second-order valence-electron chi connectivity index (χ2n) is 4.41. The second-order valence-corrected chi connectivity index (χ2v) is 4.41. The molecule has 0 saturated heterocycles. The normalized spacial score (nSPS) is 10.0. The smallest absolute Gasteiger partial charge is 0.149 e. The van der Waals surface area contributed by atoms with E-state index < -0.39 is 11.6 Å². The van der Waals surface area contributed by atoms with Gasteiger partial charge >= 0.3 is 0 Å². The maximum Gasteiger partial charge on any atom is 0.149 e. The highest BCUT2D eigenvalue weighted by Crippen LogP contribution is 2.27. The molecule has 1 heterocycles. The van der Waals surface area contributed by atoms with Crippen molar-refractivity contribution in [3.63, 3.8) is 0 Å². The Labute approximate surface area is 121 Å². The molecule has 2 aromatic rings. The third-order valence-electron chi connectivity index (χ3n) is 2.83.